The van der Waals surface area contributed by atoms with Gasteiger partial charge in [-0.1, -0.05) is 109 Å². The van der Waals surface area contributed by atoms with E-state index in [0.717, 1.165) is 28.7 Å². The number of sulfonamides is 1. The fourth-order valence-electron chi connectivity index (χ4n) is 4.70. The van der Waals surface area contributed by atoms with E-state index in [4.69, 9.17) is 0 Å². The van der Waals surface area contributed by atoms with E-state index < -0.39 is 10.0 Å². The second-order valence-corrected chi connectivity index (χ2v) is 11.1. The van der Waals surface area contributed by atoms with E-state index in [1.807, 2.05) is 49.4 Å². The lowest BCUT2D eigenvalue weighted by molar-refractivity contribution is 0.458. The molecule has 1 heterocycles. The monoisotopic (exact) mass is 479 g/mol. The molecule has 4 heteroatoms. The topological polar surface area (TPSA) is 37.4 Å². The van der Waals surface area contributed by atoms with Crippen LogP contribution in [0.4, 0.5) is 0 Å². The fourth-order valence-corrected chi connectivity index (χ4v) is 6.17. The Morgan fingerprint density at radius 3 is 2.37 bits per heavy atom. The molecule has 4 aromatic rings. The maximum atomic E-state index is 13.5. The van der Waals surface area contributed by atoms with Gasteiger partial charge in [0.05, 0.1) is 4.90 Å². The van der Waals surface area contributed by atoms with Gasteiger partial charge in [-0.3, -0.25) is 0 Å². The summed E-state index contributed by atoms with van der Waals surface area (Å²) in [6, 6.07) is 32.0. The van der Waals surface area contributed by atoms with E-state index in [1.165, 1.54) is 10.8 Å². The minimum absolute atomic E-state index is 0.120. The minimum Gasteiger partial charge on any atom is -0.207 e. The molecule has 5 rings (SSSR count). The summed E-state index contributed by atoms with van der Waals surface area (Å²) in [6.07, 6.45) is 7.27. The summed E-state index contributed by atoms with van der Waals surface area (Å²) >= 11 is 0. The van der Waals surface area contributed by atoms with E-state index >= 15 is 0 Å². The van der Waals surface area contributed by atoms with Gasteiger partial charge in [0, 0.05) is 13.1 Å². The highest BCUT2D eigenvalue weighted by Crippen LogP contribution is 2.33. The smallest absolute Gasteiger partial charge is 0.207 e. The van der Waals surface area contributed by atoms with Crippen LogP contribution in [0.2, 0.25) is 0 Å². The maximum Gasteiger partial charge on any atom is 0.243 e. The lowest BCUT2D eigenvalue weighted by Crippen LogP contribution is -2.28. The molecule has 0 saturated carbocycles. The lowest BCUT2D eigenvalue weighted by atomic mass is 9.94. The molecule has 35 heavy (non-hydrogen) atoms. The Balaban J connectivity index is 1.48. The highest BCUT2D eigenvalue weighted by molar-refractivity contribution is 7.89. The Hall–Kier alpha value is -3.47. The van der Waals surface area contributed by atoms with Gasteiger partial charge in [0.1, 0.15) is 0 Å². The highest BCUT2D eigenvalue weighted by Gasteiger charge is 2.35. The van der Waals surface area contributed by atoms with Crippen molar-refractivity contribution in [1.29, 1.82) is 0 Å². The van der Waals surface area contributed by atoms with Gasteiger partial charge in [-0.25, -0.2) is 8.42 Å². The molecule has 3 nitrogen and oxygen atoms in total. The van der Waals surface area contributed by atoms with Crippen LogP contribution in [-0.4, -0.2) is 25.8 Å². The molecule has 0 aromatic heterocycles. The predicted octanol–water partition coefficient (Wildman–Crippen LogP) is 6.96. The van der Waals surface area contributed by atoms with Gasteiger partial charge in [0.25, 0.3) is 0 Å². The second kappa shape index (κ2) is 10.0. The van der Waals surface area contributed by atoms with Crippen LogP contribution < -0.4 is 0 Å². The zero-order chi connectivity index (χ0) is 24.3. The molecule has 1 aliphatic heterocycles. The first-order valence-electron chi connectivity index (χ1n) is 12.0. The van der Waals surface area contributed by atoms with Crippen LogP contribution in [0.3, 0.4) is 0 Å². The van der Waals surface area contributed by atoms with Crippen LogP contribution in [-0.2, 0) is 10.0 Å². The second-order valence-electron chi connectivity index (χ2n) is 9.14. The quantitative estimate of drug-likeness (QED) is 0.300. The predicted molar refractivity (Wildman–Crippen MR) is 145 cm³/mol. The number of aryl methyl sites for hydroxylation is 1. The van der Waals surface area contributed by atoms with Gasteiger partial charge in [-0.2, -0.15) is 4.31 Å². The van der Waals surface area contributed by atoms with E-state index in [0.29, 0.717) is 18.0 Å². The molecule has 0 spiro atoms. The summed E-state index contributed by atoms with van der Waals surface area (Å²) in [5.74, 6) is 0.120. The highest BCUT2D eigenvalue weighted by atomic mass is 32.2. The first-order chi connectivity index (χ1) is 17.0. The summed E-state index contributed by atoms with van der Waals surface area (Å²) in [5.41, 5.74) is 4.47. The Kier molecular flexibility index (Phi) is 6.67. The van der Waals surface area contributed by atoms with Crippen molar-refractivity contribution in [2.24, 2.45) is 5.92 Å². The molecular weight excluding hydrogens is 450 g/mol. The molecule has 1 unspecified atom stereocenters. The van der Waals surface area contributed by atoms with Crippen molar-refractivity contribution in [1.82, 2.24) is 4.31 Å². The van der Waals surface area contributed by atoms with Gasteiger partial charge in [0.2, 0.25) is 10.0 Å². The van der Waals surface area contributed by atoms with Gasteiger partial charge < -0.3 is 0 Å². The van der Waals surface area contributed by atoms with Crippen molar-refractivity contribution in [3.63, 3.8) is 0 Å². The van der Waals surface area contributed by atoms with Crippen LogP contribution in [0.5, 0.6) is 0 Å². The van der Waals surface area contributed by atoms with Crippen LogP contribution in [0.1, 0.15) is 23.1 Å². The zero-order valence-electron chi connectivity index (χ0n) is 19.8. The number of benzene rings is 4. The molecule has 0 aliphatic carbocycles. The Bertz CT molecular complexity index is 1480. The number of hydrogen-bond acceptors (Lipinski definition) is 2. The Labute approximate surface area is 208 Å². The average molecular weight is 480 g/mol. The average Bonchev–Trinajstić information content (AvgIpc) is 3.28. The molecule has 176 valence electrons. The first kappa shape index (κ1) is 23.3. The molecule has 0 bridgehead atoms. The van der Waals surface area contributed by atoms with Crippen LogP contribution in [0.25, 0.3) is 22.9 Å². The number of nitrogens with zero attached hydrogens (tertiary/aromatic N) is 1. The third kappa shape index (κ3) is 5.14. The normalized spacial score (nSPS) is 18.1. The molecule has 1 atom stereocenters. The van der Waals surface area contributed by atoms with Gasteiger partial charge >= 0.3 is 0 Å². The number of hydrogen-bond donors (Lipinski definition) is 0. The number of rotatable bonds is 6. The molecular formula is C31H29NO2S. The van der Waals surface area contributed by atoms with E-state index in [9.17, 15) is 8.42 Å². The van der Waals surface area contributed by atoms with Gasteiger partial charge in [0.15, 0.2) is 0 Å². The largest absolute Gasteiger partial charge is 0.243 e. The van der Waals surface area contributed by atoms with Gasteiger partial charge in [-0.05, 0) is 58.9 Å². The van der Waals surface area contributed by atoms with Crippen LogP contribution >= 0.6 is 0 Å². The minimum atomic E-state index is -3.56. The number of fused-ring (bicyclic) bond motifs is 1. The number of allylic oxidation sites excluding steroid dienone is 1. The molecule has 1 saturated heterocycles. The Morgan fingerprint density at radius 2 is 1.57 bits per heavy atom. The van der Waals surface area contributed by atoms with Crippen molar-refractivity contribution >= 4 is 32.9 Å². The first-order valence-corrected chi connectivity index (χ1v) is 13.4. The molecule has 1 fully saturated rings. The van der Waals surface area contributed by atoms with Crippen LogP contribution in [0.15, 0.2) is 114 Å². The summed E-state index contributed by atoms with van der Waals surface area (Å²) in [5, 5.41) is 2.37. The van der Waals surface area contributed by atoms with E-state index in [-0.39, 0.29) is 5.92 Å². The van der Waals surface area contributed by atoms with E-state index in [1.54, 1.807) is 16.4 Å². The van der Waals surface area contributed by atoms with Gasteiger partial charge in [-0.15, -0.1) is 0 Å². The lowest BCUT2D eigenvalue weighted by Gasteiger charge is -2.16. The molecule has 1 aliphatic rings. The van der Waals surface area contributed by atoms with Crippen molar-refractivity contribution in [2.75, 3.05) is 13.1 Å². The molecule has 4 aromatic carbocycles. The SMILES string of the molecule is Cc1ccc(S(=O)(=O)N2C/C(=C\c3cccc4ccccc34)C(C/C=C/c3ccccc3)C2)cc1. The summed E-state index contributed by atoms with van der Waals surface area (Å²) < 4.78 is 28.6. The fraction of sp³-hybridized carbons (Fsp3) is 0.161. The summed E-state index contributed by atoms with van der Waals surface area (Å²) in [4.78, 5) is 0.355. The molecule has 0 radical (unpaired) electrons. The van der Waals surface area contributed by atoms with Crippen LogP contribution in [0, 0.1) is 12.8 Å². The summed E-state index contributed by atoms with van der Waals surface area (Å²) in [7, 11) is -3.56. The van der Waals surface area contributed by atoms with Crippen molar-refractivity contribution < 1.29 is 8.42 Å². The third-order valence-electron chi connectivity index (χ3n) is 6.66. The van der Waals surface area contributed by atoms with Crippen molar-refractivity contribution in [3.8, 4) is 0 Å². The standard InChI is InChI=1S/C31H29NO2S/c1-24-17-19-30(20-18-24)35(33,34)32-22-28(15-7-11-25-9-3-2-4-10-25)29(23-32)21-27-14-8-13-26-12-5-6-16-31(26)27/h2-14,16-21,28H,15,22-23H2,1H3/b11-7+,29-21+. The third-order valence-corrected chi connectivity index (χ3v) is 8.49. The van der Waals surface area contributed by atoms with Crippen molar-refractivity contribution in [3.05, 3.63) is 125 Å². The summed E-state index contributed by atoms with van der Waals surface area (Å²) in [6.45, 7) is 2.85. The zero-order valence-corrected chi connectivity index (χ0v) is 20.7. The maximum absolute atomic E-state index is 13.5. The molecule has 0 amide bonds. The van der Waals surface area contributed by atoms with Crippen molar-refractivity contribution in [2.45, 2.75) is 18.2 Å². The van der Waals surface area contributed by atoms with E-state index in [2.05, 4.69) is 60.7 Å². The molecule has 0 N–H and O–H groups in total. The Morgan fingerprint density at radius 1 is 0.857 bits per heavy atom.